The number of ether oxygens (including phenoxy) is 1. The van der Waals surface area contributed by atoms with Gasteiger partial charge in [0.25, 0.3) is 5.91 Å². The molecule has 2 atom stereocenters. The van der Waals surface area contributed by atoms with Crippen molar-refractivity contribution in [1.29, 1.82) is 0 Å². The smallest absolute Gasteiger partial charge is 0.306 e. The number of rotatable bonds is 6. The third-order valence-electron chi connectivity index (χ3n) is 4.30. The van der Waals surface area contributed by atoms with Gasteiger partial charge >= 0.3 is 5.97 Å². The highest BCUT2D eigenvalue weighted by Gasteiger charge is 2.32. The van der Waals surface area contributed by atoms with E-state index in [4.69, 9.17) is 4.74 Å². The van der Waals surface area contributed by atoms with Crippen LogP contribution in [0.25, 0.3) is 0 Å². The lowest BCUT2D eigenvalue weighted by Gasteiger charge is -2.32. The van der Waals surface area contributed by atoms with Crippen LogP contribution in [-0.4, -0.2) is 45.8 Å². The van der Waals surface area contributed by atoms with Gasteiger partial charge in [-0.25, -0.2) is 4.68 Å². The lowest BCUT2D eigenvalue weighted by atomic mass is 10.0. The van der Waals surface area contributed by atoms with Gasteiger partial charge in [0.2, 0.25) is 5.95 Å². The highest BCUT2D eigenvalue weighted by atomic mass is 16.5. The molecule has 1 aromatic heterocycles. The van der Waals surface area contributed by atoms with Gasteiger partial charge in [-0.15, -0.1) is 0 Å². The van der Waals surface area contributed by atoms with Gasteiger partial charge in [0, 0.05) is 25.2 Å². The monoisotopic (exact) mass is 349 g/mol. The van der Waals surface area contributed by atoms with Crippen LogP contribution in [-0.2, 0) is 14.3 Å². The molecule has 0 radical (unpaired) electrons. The normalized spacial score (nSPS) is 18.2. The van der Waals surface area contributed by atoms with E-state index in [0.717, 1.165) is 5.70 Å². The van der Waals surface area contributed by atoms with Gasteiger partial charge in [-0.1, -0.05) is 0 Å². The summed E-state index contributed by atoms with van der Waals surface area (Å²) in [6.45, 7) is 9.34. The van der Waals surface area contributed by atoms with Crippen LogP contribution >= 0.6 is 0 Å². The summed E-state index contributed by atoms with van der Waals surface area (Å²) in [6, 6.07) is -0.339. The Bertz CT molecular complexity index is 680. The second kappa shape index (κ2) is 7.67. The quantitative estimate of drug-likeness (QED) is 0.788. The van der Waals surface area contributed by atoms with Gasteiger partial charge in [0.1, 0.15) is 6.33 Å². The van der Waals surface area contributed by atoms with Gasteiger partial charge in [-0.2, -0.15) is 10.1 Å². The van der Waals surface area contributed by atoms with Crippen molar-refractivity contribution in [2.45, 2.75) is 65.6 Å². The zero-order chi connectivity index (χ0) is 18.7. The van der Waals surface area contributed by atoms with Gasteiger partial charge in [0.05, 0.1) is 17.7 Å². The number of carbonyl (C=O) groups excluding carboxylic acids is 2. The van der Waals surface area contributed by atoms with E-state index >= 15 is 0 Å². The topological polar surface area (TPSA) is 89.3 Å². The van der Waals surface area contributed by atoms with Crippen molar-refractivity contribution in [1.82, 2.24) is 20.1 Å². The zero-order valence-corrected chi connectivity index (χ0v) is 15.7. The molecule has 0 bridgehead atoms. The first-order valence-electron chi connectivity index (χ1n) is 8.56. The first kappa shape index (κ1) is 19.0. The summed E-state index contributed by atoms with van der Waals surface area (Å²) in [6.07, 6.45) is 2.17. The van der Waals surface area contributed by atoms with Gasteiger partial charge < -0.3 is 15.0 Å². The number of esters is 1. The van der Waals surface area contributed by atoms with E-state index in [-0.39, 0.29) is 36.5 Å². The molecule has 2 heterocycles. The SMILES string of the molecule is CC1=C(C(=O)N[C@@H](C)CCC(=O)OC(C)C)[C@H](C)n2ncnc2N1C. The summed E-state index contributed by atoms with van der Waals surface area (Å²) in [7, 11) is 1.86. The number of hydrogen-bond donors (Lipinski definition) is 1. The van der Waals surface area contributed by atoms with Crippen LogP contribution in [0.15, 0.2) is 17.6 Å². The molecular weight excluding hydrogens is 322 g/mol. The predicted octanol–water partition coefficient (Wildman–Crippen LogP) is 1.80. The van der Waals surface area contributed by atoms with Crippen molar-refractivity contribution >= 4 is 17.8 Å². The van der Waals surface area contributed by atoms with Crippen molar-refractivity contribution in [3.05, 3.63) is 17.6 Å². The fraction of sp³-hybridized carbons (Fsp3) is 0.647. The van der Waals surface area contributed by atoms with E-state index in [9.17, 15) is 9.59 Å². The molecule has 0 fully saturated rings. The maximum atomic E-state index is 12.8. The lowest BCUT2D eigenvalue weighted by Crippen LogP contribution is -2.40. The van der Waals surface area contributed by atoms with Crippen LogP contribution < -0.4 is 10.2 Å². The Morgan fingerprint density at radius 1 is 1.36 bits per heavy atom. The van der Waals surface area contributed by atoms with Crippen LogP contribution in [0.4, 0.5) is 5.95 Å². The molecule has 8 heteroatoms. The molecule has 1 N–H and O–H groups in total. The predicted molar refractivity (Wildman–Crippen MR) is 93.9 cm³/mol. The van der Waals surface area contributed by atoms with Gasteiger partial charge in [-0.3, -0.25) is 9.59 Å². The van der Waals surface area contributed by atoms with E-state index in [2.05, 4.69) is 15.4 Å². The first-order valence-corrected chi connectivity index (χ1v) is 8.56. The summed E-state index contributed by atoms with van der Waals surface area (Å²) in [5.74, 6) is 0.318. The number of allylic oxidation sites excluding steroid dienone is 1. The van der Waals surface area contributed by atoms with E-state index in [1.807, 2.05) is 46.6 Å². The van der Waals surface area contributed by atoms with E-state index in [1.54, 1.807) is 4.68 Å². The Balaban J connectivity index is 2.00. The molecule has 0 spiro atoms. The number of nitrogens with one attached hydrogen (secondary N) is 1. The minimum absolute atomic E-state index is 0.124. The summed E-state index contributed by atoms with van der Waals surface area (Å²) in [4.78, 5) is 30.5. The Hall–Kier alpha value is -2.38. The molecule has 1 aliphatic heterocycles. The van der Waals surface area contributed by atoms with E-state index in [0.29, 0.717) is 17.9 Å². The minimum atomic E-state index is -0.246. The molecule has 0 aliphatic carbocycles. The number of amides is 1. The van der Waals surface area contributed by atoms with Crippen LogP contribution in [0.2, 0.25) is 0 Å². The van der Waals surface area contributed by atoms with Crippen molar-refractivity contribution in [3.63, 3.8) is 0 Å². The third kappa shape index (κ3) is 4.18. The van der Waals surface area contributed by atoms with Crippen molar-refractivity contribution in [3.8, 4) is 0 Å². The molecule has 1 aromatic rings. The molecule has 1 amide bonds. The zero-order valence-electron chi connectivity index (χ0n) is 15.7. The van der Waals surface area contributed by atoms with E-state index in [1.165, 1.54) is 6.33 Å². The highest BCUT2D eigenvalue weighted by molar-refractivity contribution is 5.96. The van der Waals surface area contributed by atoms with Gasteiger partial charge in [0.15, 0.2) is 0 Å². The molecule has 0 unspecified atom stereocenters. The van der Waals surface area contributed by atoms with Crippen LogP contribution in [0, 0.1) is 0 Å². The molecule has 25 heavy (non-hydrogen) atoms. The second-order valence-corrected chi connectivity index (χ2v) is 6.69. The molecule has 0 saturated carbocycles. The largest absolute Gasteiger partial charge is 0.463 e. The maximum absolute atomic E-state index is 12.8. The second-order valence-electron chi connectivity index (χ2n) is 6.69. The standard InChI is InChI=1S/C17H27N5O3/c1-10(2)25-14(23)8-7-11(3)20-16(24)15-12(4)21(6)17-18-9-19-22(17)13(15)5/h9-11,13H,7-8H2,1-6H3,(H,20,24)/t11-,13-/m0/s1. The van der Waals surface area contributed by atoms with Gasteiger partial charge in [-0.05, 0) is 41.0 Å². The highest BCUT2D eigenvalue weighted by Crippen LogP contribution is 2.32. The molecule has 138 valence electrons. The molecular formula is C17H27N5O3. The fourth-order valence-electron chi connectivity index (χ4n) is 2.90. The molecule has 0 saturated heterocycles. The average molecular weight is 349 g/mol. The summed E-state index contributed by atoms with van der Waals surface area (Å²) >= 11 is 0. The Morgan fingerprint density at radius 2 is 2.04 bits per heavy atom. The molecule has 8 nitrogen and oxygen atoms in total. The number of nitrogens with zero attached hydrogens (tertiary/aromatic N) is 4. The number of carbonyl (C=O) groups is 2. The average Bonchev–Trinajstić information content (AvgIpc) is 3.00. The fourth-order valence-corrected chi connectivity index (χ4v) is 2.90. The van der Waals surface area contributed by atoms with Crippen molar-refractivity contribution < 1.29 is 14.3 Å². The summed E-state index contributed by atoms with van der Waals surface area (Å²) in [5.41, 5.74) is 1.49. The molecule has 1 aliphatic rings. The van der Waals surface area contributed by atoms with Crippen molar-refractivity contribution in [2.75, 3.05) is 11.9 Å². The van der Waals surface area contributed by atoms with Crippen LogP contribution in [0.1, 0.15) is 53.5 Å². The van der Waals surface area contributed by atoms with Crippen molar-refractivity contribution in [2.24, 2.45) is 0 Å². The summed E-state index contributed by atoms with van der Waals surface area (Å²) in [5, 5.41) is 7.18. The lowest BCUT2D eigenvalue weighted by molar-refractivity contribution is -0.147. The number of anilines is 1. The Kier molecular flexibility index (Phi) is 5.81. The van der Waals surface area contributed by atoms with Crippen LogP contribution in [0.3, 0.4) is 0 Å². The third-order valence-corrected chi connectivity index (χ3v) is 4.30. The molecule has 0 aromatic carbocycles. The number of fused-ring (bicyclic) bond motifs is 1. The van der Waals surface area contributed by atoms with Crippen LogP contribution in [0.5, 0.6) is 0 Å². The minimum Gasteiger partial charge on any atom is -0.463 e. The molecule has 2 rings (SSSR count). The number of hydrogen-bond acceptors (Lipinski definition) is 6. The first-order chi connectivity index (χ1) is 11.7. The maximum Gasteiger partial charge on any atom is 0.306 e. The van der Waals surface area contributed by atoms with E-state index < -0.39 is 0 Å². The number of aromatic nitrogens is 3. The Morgan fingerprint density at radius 3 is 2.68 bits per heavy atom. The Labute approximate surface area is 148 Å². The summed E-state index contributed by atoms with van der Waals surface area (Å²) < 4.78 is 6.84.